The zero-order chi connectivity index (χ0) is 14.5. The molecule has 1 aromatic carbocycles. The number of rotatable bonds is 5. The van der Waals surface area contributed by atoms with Gasteiger partial charge >= 0.3 is 0 Å². The Morgan fingerprint density at radius 2 is 1.95 bits per heavy atom. The topological polar surface area (TPSA) is 61.2 Å². The molecule has 1 heterocycles. The monoisotopic (exact) mass is 290 g/mol. The highest BCUT2D eigenvalue weighted by atomic mass is 32.2. The van der Waals surface area contributed by atoms with E-state index >= 15 is 0 Å². The van der Waals surface area contributed by atoms with Crippen LogP contribution in [-0.2, 0) is 6.54 Å². The average molecular weight is 290 g/mol. The molecule has 1 aromatic heterocycles. The summed E-state index contributed by atoms with van der Waals surface area (Å²) in [5.74, 6) is 0.135. The number of carbonyl (C=O) groups excluding carboxylic acids is 1. The van der Waals surface area contributed by atoms with Gasteiger partial charge in [0.25, 0.3) is 5.56 Å². The third-order valence-corrected chi connectivity index (χ3v) is 3.50. The molecule has 0 saturated heterocycles. The lowest BCUT2D eigenvalue weighted by molar-refractivity contribution is 0.0965. The molecule has 0 amide bonds. The van der Waals surface area contributed by atoms with Gasteiger partial charge in [0.1, 0.15) is 6.54 Å². The molecule has 0 aliphatic heterocycles. The van der Waals surface area contributed by atoms with Gasteiger partial charge in [0.2, 0.25) is 5.88 Å². The third kappa shape index (κ3) is 3.27. The van der Waals surface area contributed by atoms with Crippen LogP contribution in [-0.4, -0.2) is 28.9 Å². The first-order valence-corrected chi connectivity index (χ1v) is 7.16. The number of nitrogens with zero attached hydrogens (tertiary/aromatic N) is 2. The van der Waals surface area contributed by atoms with Crippen LogP contribution in [0.5, 0.6) is 5.88 Å². The van der Waals surface area contributed by atoms with Crippen molar-refractivity contribution in [1.29, 1.82) is 0 Å². The molecule has 104 valence electrons. The van der Waals surface area contributed by atoms with Crippen LogP contribution in [0.15, 0.2) is 46.1 Å². The Kier molecular flexibility index (Phi) is 4.57. The number of ether oxygens (including phenoxy) is 1. The summed E-state index contributed by atoms with van der Waals surface area (Å²) < 4.78 is 6.04. The zero-order valence-electron chi connectivity index (χ0n) is 11.2. The minimum atomic E-state index is -0.333. The number of thioether (sulfide) groups is 1. The van der Waals surface area contributed by atoms with Gasteiger partial charge in [-0.25, -0.2) is 4.68 Å². The second kappa shape index (κ2) is 6.38. The van der Waals surface area contributed by atoms with Crippen LogP contribution >= 0.6 is 11.8 Å². The van der Waals surface area contributed by atoms with Crippen molar-refractivity contribution >= 4 is 17.5 Å². The van der Waals surface area contributed by atoms with Gasteiger partial charge in [0.05, 0.1) is 7.11 Å². The highest BCUT2D eigenvalue weighted by Crippen LogP contribution is 2.15. The van der Waals surface area contributed by atoms with Crippen LogP contribution in [0.25, 0.3) is 0 Å². The first-order valence-electron chi connectivity index (χ1n) is 5.93. The summed E-state index contributed by atoms with van der Waals surface area (Å²) >= 11 is 1.61. The normalized spacial score (nSPS) is 10.3. The predicted octanol–water partition coefficient (Wildman–Crippen LogP) is 1.86. The van der Waals surface area contributed by atoms with E-state index in [0.29, 0.717) is 11.4 Å². The first-order chi connectivity index (χ1) is 9.63. The highest BCUT2D eigenvalue weighted by molar-refractivity contribution is 7.98. The Hall–Kier alpha value is -2.08. The molecule has 2 rings (SSSR count). The summed E-state index contributed by atoms with van der Waals surface area (Å²) in [4.78, 5) is 24.8. The quantitative estimate of drug-likeness (QED) is 0.621. The molecule has 6 heteroatoms. The number of carbonyl (C=O) groups is 1. The van der Waals surface area contributed by atoms with E-state index in [1.165, 1.54) is 19.2 Å². The molecule has 5 nitrogen and oxygen atoms in total. The van der Waals surface area contributed by atoms with Crippen molar-refractivity contribution in [3.8, 4) is 5.88 Å². The van der Waals surface area contributed by atoms with Crippen molar-refractivity contribution in [2.75, 3.05) is 13.4 Å². The van der Waals surface area contributed by atoms with Crippen molar-refractivity contribution in [3.05, 3.63) is 52.3 Å². The molecular formula is C14H14N2O3S. The molecule has 0 unspecified atom stereocenters. The van der Waals surface area contributed by atoms with Gasteiger partial charge in [-0.05, 0) is 18.4 Å². The second-order valence-corrected chi connectivity index (χ2v) is 4.90. The van der Waals surface area contributed by atoms with Gasteiger partial charge in [-0.2, -0.15) is 0 Å². The lowest BCUT2D eigenvalue weighted by atomic mass is 10.1. The largest absolute Gasteiger partial charge is 0.480 e. The molecule has 20 heavy (non-hydrogen) atoms. The van der Waals surface area contributed by atoms with Gasteiger partial charge in [-0.3, -0.25) is 9.59 Å². The maximum absolute atomic E-state index is 12.1. The van der Waals surface area contributed by atoms with Gasteiger partial charge in [-0.15, -0.1) is 16.9 Å². The van der Waals surface area contributed by atoms with E-state index in [1.54, 1.807) is 23.9 Å². The fraction of sp³-hybridized carbons (Fsp3) is 0.214. The minimum Gasteiger partial charge on any atom is -0.480 e. The molecule has 0 spiro atoms. The molecule has 0 saturated carbocycles. The molecule has 0 aliphatic carbocycles. The zero-order valence-corrected chi connectivity index (χ0v) is 12.0. The van der Waals surface area contributed by atoms with Crippen LogP contribution in [0, 0.1) is 0 Å². The molecule has 0 aliphatic rings. The molecule has 0 bridgehead atoms. The van der Waals surface area contributed by atoms with Crippen molar-refractivity contribution in [2.45, 2.75) is 11.4 Å². The summed E-state index contributed by atoms with van der Waals surface area (Å²) in [6.45, 7) is -0.103. The molecule has 0 atom stereocenters. The number of hydrogen-bond acceptors (Lipinski definition) is 5. The van der Waals surface area contributed by atoms with Crippen LogP contribution < -0.4 is 10.3 Å². The number of benzene rings is 1. The number of Topliss-reactive ketones (excluding diaryl/α,β-unsaturated/α-hetero) is 1. The number of methoxy groups -OCH3 is 1. The standard InChI is InChI=1S/C14H14N2O3S/c1-19-13-7-8-14(18)16(15-13)9-12(17)10-3-5-11(20-2)6-4-10/h3-8H,9H2,1-2H3. The second-order valence-electron chi connectivity index (χ2n) is 4.02. The molecule has 0 N–H and O–H groups in total. The number of aromatic nitrogens is 2. The Labute approximate surface area is 120 Å². The predicted molar refractivity (Wildman–Crippen MR) is 77.6 cm³/mol. The molecular weight excluding hydrogens is 276 g/mol. The van der Waals surface area contributed by atoms with E-state index in [4.69, 9.17) is 4.74 Å². The van der Waals surface area contributed by atoms with Crippen molar-refractivity contribution < 1.29 is 9.53 Å². The van der Waals surface area contributed by atoms with E-state index in [-0.39, 0.29) is 17.9 Å². The van der Waals surface area contributed by atoms with Crippen molar-refractivity contribution in [3.63, 3.8) is 0 Å². The molecule has 0 radical (unpaired) electrons. The number of hydrogen-bond donors (Lipinski definition) is 0. The Morgan fingerprint density at radius 3 is 2.55 bits per heavy atom. The summed E-state index contributed by atoms with van der Waals surface area (Å²) in [6.07, 6.45) is 1.97. The van der Waals surface area contributed by atoms with E-state index in [9.17, 15) is 9.59 Å². The van der Waals surface area contributed by atoms with Crippen LogP contribution in [0.1, 0.15) is 10.4 Å². The van der Waals surface area contributed by atoms with Crippen LogP contribution in [0.4, 0.5) is 0 Å². The smallest absolute Gasteiger partial charge is 0.267 e. The van der Waals surface area contributed by atoms with Gasteiger partial charge < -0.3 is 4.74 Å². The maximum atomic E-state index is 12.1. The van der Waals surface area contributed by atoms with Gasteiger partial charge in [-0.1, -0.05) is 12.1 Å². The lowest BCUT2D eigenvalue weighted by Gasteiger charge is -2.06. The van der Waals surface area contributed by atoms with Gasteiger partial charge in [0, 0.05) is 22.6 Å². The van der Waals surface area contributed by atoms with E-state index in [1.807, 2.05) is 18.4 Å². The lowest BCUT2D eigenvalue weighted by Crippen LogP contribution is -2.26. The Morgan fingerprint density at radius 1 is 1.25 bits per heavy atom. The number of ketones is 1. The molecule has 2 aromatic rings. The van der Waals surface area contributed by atoms with E-state index in [2.05, 4.69) is 5.10 Å². The van der Waals surface area contributed by atoms with Crippen LogP contribution in [0.2, 0.25) is 0 Å². The highest BCUT2D eigenvalue weighted by Gasteiger charge is 2.09. The van der Waals surface area contributed by atoms with Crippen molar-refractivity contribution in [2.24, 2.45) is 0 Å². The Bertz CT molecular complexity index is 665. The molecule has 0 fully saturated rings. The average Bonchev–Trinajstić information content (AvgIpc) is 2.49. The summed E-state index contributed by atoms with van der Waals surface area (Å²) in [6, 6.07) is 10.0. The first kappa shape index (κ1) is 14.3. The summed E-state index contributed by atoms with van der Waals surface area (Å²) in [5, 5.41) is 3.95. The van der Waals surface area contributed by atoms with E-state index in [0.717, 1.165) is 9.58 Å². The minimum absolute atomic E-state index is 0.103. The fourth-order valence-corrected chi connectivity index (χ4v) is 2.06. The summed E-state index contributed by atoms with van der Waals surface area (Å²) in [5.41, 5.74) is 0.221. The van der Waals surface area contributed by atoms with Crippen LogP contribution in [0.3, 0.4) is 0 Å². The van der Waals surface area contributed by atoms with Crippen molar-refractivity contribution in [1.82, 2.24) is 9.78 Å². The fourth-order valence-electron chi connectivity index (χ4n) is 1.66. The SMILES string of the molecule is COc1ccc(=O)n(CC(=O)c2ccc(SC)cc2)n1. The summed E-state index contributed by atoms with van der Waals surface area (Å²) in [7, 11) is 1.46. The Balaban J connectivity index is 2.20. The third-order valence-electron chi connectivity index (χ3n) is 2.76. The van der Waals surface area contributed by atoms with Gasteiger partial charge in [0.15, 0.2) is 5.78 Å². The maximum Gasteiger partial charge on any atom is 0.267 e. The van der Waals surface area contributed by atoms with E-state index < -0.39 is 0 Å².